The molecule has 0 aliphatic carbocycles. The summed E-state index contributed by atoms with van der Waals surface area (Å²) in [6.45, 7) is 7.63. The summed E-state index contributed by atoms with van der Waals surface area (Å²) in [6, 6.07) is 0. The molecule has 0 aromatic carbocycles. The molecule has 0 N–H and O–H groups in total. The van der Waals surface area contributed by atoms with Crippen LogP contribution < -0.4 is 0 Å². The Morgan fingerprint density at radius 3 is 1.20 bits per heavy atom. The van der Waals surface area contributed by atoms with Crippen LogP contribution in [0.5, 0.6) is 0 Å². The molecule has 0 saturated carbocycles. The Bertz CT molecular complexity index is 1190. The zero-order valence-corrected chi connectivity index (χ0v) is 42.3. The van der Waals surface area contributed by atoms with E-state index in [1.54, 1.807) is 0 Å². The number of unbranched alkanes of at least 4 members (excludes halogenated alkanes) is 24. The Hall–Kier alpha value is -2.92. The fourth-order valence-electron chi connectivity index (χ4n) is 7.35. The summed E-state index contributed by atoms with van der Waals surface area (Å²) in [5.74, 6) is -0.451. The van der Waals surface area contributed by atoms with Gasteiger partial charge in [-0.25, -0.2) is 0 Å². The van der Waals surface area contributed by atoms with Gasteiger partial charge in [0, 0.05) is 19.4 Å². The third-order valence-electron chi connectivity index (χ3n) is 11.4. The molecule has 0 spiro atoms. The lowest BCUT2D eigenvalue weighted by atomic mass is 10.1. The van der Waals surface area contributed by atoms with Crippen LogP contribution in [0.4, 0.5) is 0 Å². The maximum absolute atomic E-state index is 12.8. The van der Waals surface area contributed by atoms with Crippen LogP contribution >= 0.6 is 0 Å². The summed E-state index contributed by atoms with van der Waals surface area (Å²) in [6.07, 6.45) is 71.7. The zero-order chi connectivity index (χ0) is 46.3. The molecule has 0 aliphatic heterocycles. The van der Waals surface area contributed by atoms with Gasteiger partial charge in [0.2, 0.25) is 0 Å². The number of hydrogen-bond acceptors (Lipinski definition) is 5. The quantitative estimate of drug-likeness (QED) is 0.0346. The lowest BCUT2D eigenvalue weighted by Crippen LogP contribution is -2.30. The van der Waals surface area contributed by atoms with Crippen molar-refractivity contribution in [1.82, 2.24) is 0 Å². The number of allylic oxidation sites excluding steroid dienone is 14. The van der Waals surface area contributed by atoms with Gasteiger partial charge in [0.05, 0.1) is 6.61 Å². The molecule has 5 nitrogen and oxygen atoms in total. The molecule has 0 saturated heterocycles. The van der Waals surface area contributed by atoms with Gasteiger partial charge < -0.3 is 14.2 Å². The van der Waals surface area contributed by atoms with Gasteiger partial charge in [0.15, 0.2) is 6.10 Å². The molecule has 1 unspecified atom stereocenters. The molecule has 0 aliphatic rings. The predicted molar refractivity (Wildman–Crippen MR) is 279 cm³/mol. The molecule has 64 heavy (non-hydrogen) atoms. The van der Waals surface area contributed by atoms with Crippen molar-refractivity contribution in [2.75, 3.05) is 19.8 Å². The minimum Gasteiger partial charge on any atom is -0.462 e. The third kappa shape index (κ3) is 51.7. The lowest BCUT2D eigenvalue weighted by molar-refractivity contribution is -0.163. The standard InChI is InChI=1S/C59H102O5/c1-4-7-10-13-16-19-22-25-28-29-30-31-33-34-37-40-43-46-49-52-58(60)63-56-57(55-62-54-51-48-45-42-39-36-27-24-21-18-15-12-9-6-3)64-59(61)53-50-47-44-41-38-35-32-26-23-20-17-14-11-8-5-2/h8,11,16-17,19-21,24-26,28,32,38,41,57H,4-7,9-10,12-15,18,22-23,27,29-31,33-37,39-40,42-56H2,1-3H3/b11-8-,19-16-,20-17-,24-21-,28-25-,32-26-,41-38-. The summed E-state index contributed by atoms with van der Waals surface area (Å²) in [4.78, 5) is 25.4. The van der Waals surface area contributed by atoms with Crippen molar-refractivity contribution in [2.24, 2.45) is 0 Å². The molecule has 0 aromatic rings. The molecule has 0 amide bonds. The van der Waals surface area contributed by atoms with Crippen LogP contribution in [0.25, 0.3) is 0 Å². The molecular weight excluding hydrogens is 789 g/mol. The van der Waals surface area contributed by atoms with Crippen LogP contribution in [0, 0.1) is 0 Å². The Kier molecular flexibility index (Phi) is 51.9. The molecule has 0 heterocycles. The highest BCUT2D eigenvalue weighted by Crippen LogP contribution is 2.14. The fraction of sp³-hybridized carbons (Fsp3) is 0.729. The van der Waals surface area contributed by atoms with Crippen LogP contribution in [0.3, 0.4) is 0 Å². The van der Waals surface area contributed by atoms with E-state index >= 15 is 0 Å². The summed E-state index contributed by atoms with van der Waals surface area (Å²) in [7, 11) is 0. The van der Waals surface area contributed by atoms with Crippen molar-refractivity contribution in [3.05, 3.63) is 85.1 Å². The molecule has 1 atom stereocenters. The Morgan fingerprint density at radius 1 is 0.359 bits per heavy atom. The van der Waals surface area contributed by atoms with Crippen molar-refractivity contribution in [1.29, 1.82) is 0 Å². The van der Waals surface area contributed by atoms with Crippen LogP contribution in [-0.4, -0.2) is 37.9 Å². The minimum absolute atomic E-state index is 0.0612. The highest BCUT2D eigenvalue weighted by molar-refractivity contribution is 5.70. The lowest BCUT2D eigenvalue weighted by Gasteiger charge is -2.18. The van der Waals surface area contributed by atoms with Crippen LogP contribution in [0.15, 0.2) is 85.1 Å². The predicted octanol–water partition coefficient (Wildman–Crippen LogP) is 18.5. The van der Waals surface area contributed by atoms with E-state index in [4.69, 9.17) is 14.2 Å². The molecular formula is C59H102O5. The van der Waals surface area contributed by atoms with Crippen molar-refractivity contribution in [3.8, 4) is 0 Å². The van der Waals surface area contributed by atoms with Crippen molar-refractivity contribution in [2.45, 2.75) is 258 Å². The second-order valence-corrected chi connectivity index (χ2v) is 17.7. The number of carbonyl (C=O) groups is 2. The Morgan fingerprint density at radius 2 is 0.703 bits per heavy atom. The number of carbonyl (C=O) groups excluding carboxylic acids is 2. The van der Waals surface area contributed by atoms with Crippen molar-refractivity contribution in [3.63, 3.8) is 0 Å². The van der Waals surface area contributed by atoms with E-state index in [1.807, 2.05) is 0 Å². The van der Waals surface area contributed by atoms with Gasteiger partial charge in [-0.05, 0) is 116 Å². The molecule has 0 radical (unpaired) electrons. The molecule has 0 aromatic heterocycles. The third-order valence-corrected chi connectivity index (χ3v) is 11.4. The van der Waals surface area contributed by atoms with Gasteiger partial charge >= 0.3 is 11.9 Å². The van der Waals surface area contributed by atoms with Crippen LogP contribution in [0.1, 0.15) is 252 Å². The van der Waals surface area contributed by atoms with Gasteiger partial charge in [-0.15, -0.1) is 0 Å². The summed E-state index contributed by atoms with van der Waals surface area (Å²) in [5.41, 5.74) is 0. The van der Waals surface area contributed by atoms with E-state index in [0.29, 0.717) is 19.4 Å². The average molecular weight is 891 g/mol. The maximum atomic E-state index is 12.8. The Balaban J connectivity index is 4.33. The first-order chi connectivity index (χ1) is 31.6. The fourth-order valence-corrected chi connectivity index (χ4v) is 7.35. The van der Waals surface area contributed by atoms with E-state index in [2.05, 4.69) is 106 Å². The molecule has 0 rings (SSSR count). The van der Waals surface area contributed by atoms with Crippen molar-refractivity contribution < 1.29 is 23.8 Å². The number of hydrogen-bond donors (Lipinski definition) is 0. The maximum Gasteiger partial charge on any atom is 0.306 e. The number of ether oxygens (including phenoxy) is 3. The average Bonchev–Trinajstić information content (AvgIpc) is 3.30. The summed E-state index contributed by atoms with van der Waals surface area (Å²) >= 11 is 0. The second kappa shape index (κ2) is 54.4. The number of rotatable bonds is 49. The summed E-state index contributed by atoms with van der Waals surface area (Å²) in [5, 5.41) is 0. The molecule has 5 heteroatoms. The van der Waals surface area contributed by atoms with E-state index < -0.39 is 6.10 Å². The van der Waals surface area contributed by atoms with Crippen molar-refractivity contribution >= 4 is 11.9 Å². The molecule has 0 bridgehead atoms. The monoisotopic (exact) mass is 891 g/mol. The zero-order valence-electron chi connectivity index (χ0n) is 42.3. The van der Waals surface area contributed by atoms with E-state index in [0.717, 1.165) is 83.5 Å². The highest BCUT2D eigenvalue weighted by Gasteiger charge is 2.17. The topological polar surface area (TPSA) is 61.8 Å². The largest absolute Gasteiger partial charge is 0.462 e. The highest BCUT2D eigenvalue weighted by atomic mass is 16.6. The summed E-state index contributed by atoms with van der Waals surface area (Å²) < 4.78 is 17.4. The SMILES string of the molecule is CC/C=C\C/C=C\C/C=C\C/C=C\CCCCC(=O)OC(COCCCCCCCC/C=C\CCCCCC)COC(=O)CCCCCCCCCCC/C=C\C/C=C\CCCCC. The van der Waals surface area contributed by atoms with Gasteiger partial charge in [-0.3, -0.25) is 9.59 Å². The van der Waals surface area contributed by atoms with Crippen LogP contribution in [0.2, 0.25) is 0 Å². The van der Waals surface area contributed by atoms with E-state index in [9.17, 15) is 9.59 Å². The number of esters is 2. The Labute approximate surface area is 397 Å². The van der Waals surface area contributed by atoms with Gasteiger partial charge in [-0.1, -0.05) is 209 Å². The minimum atomic E-state index is -0.566. The molecule has 0 fully saturated rings. The first kappa shape index (κ1) is 61.1. The smallest absolute Gasteiger partial charge is 0.306 e. The van der Waals surface area contributed by atoms with Gasteiger partial charge in [0.1, 0.15) is 6.61 Å². The molecule has 368 valence electrons. The van der Waals surface area contributed by atoms with Gasteiger partial charge in [0.25, 0.3) is 0 Å². The first-order valence-corrected chi connectivity index (χ1v) is 27.1. The van der Waals surface area contributed by atoms with E-state index in [1.165, 1.54) is 135 Å². The van der Waals surface area contributed by atoms with Crippen LogP contribution in [-0.2, 0) is 23.8 Å². The van der Waals surface area contributed by atoms with E-state index in [-0.39, 0.29) is 25.2 Å². The second-order valence-electron chi connectivity index (χ2n) is 17.7. The first-order valence-electron chi connectivity index (χ1n) is 27.1. The normalized spacial score (nSPS) is 12.9. The van der Waals surface area contributed by atoms with Gasteiger partial charge in [-0.2, -0.15) is 0 Å².